The molecule has 0 spiro atoms. The number of aromatic nitrogens is 2. The van der Waals surface area contributed by atoms with Crippen LogP contribution in [-0.2, 0) is 24.1 Å². The Kier molecular flexibility index (Phi) is 6.57. The molecule has 0 unspecified atom stereocenters. The molecule has 6 heteroatoms. The molecule has 0 saturated heterocycles. The van der Waals surface area contributed by atoms with Crippen LogP contribution in [0.15, 0.2) is 60.8 Å². The number of rotatable bonds is 8. The first-order valence-corrected chi connectivity index (χ1v) is 10.7. The van der Waals surface area contributed by atoms with Crippen LogP contribution in [0, 0.1) is 12.8 Å². The summed E-state index contributed by atoms with van der Waals surface area (Å²) in [7, 11) is 0. The average molecular weight is 417 g/mol. The van der Waals surface area contributed by atoms with E-state index in [1.165, 1.54) is 5.56 Å². The number of nitrogens with one attached hydrogen (secondary N) is 2. The zero-order valence-electron chi connectivity index (χ0n) is 17.7. The standard InChI is InChI=1S/C25H28N4O2/c1-17-7-8-18(13-20(17)15-24(30)31)9-11-26-25(19-5-3-2-4-6-19)21-14-23-22(27-16-21)10-12-28-29-23/h2-8,10,12-13,21,25-27H,9,11,14-16H2,1H3,(H,30,31)/t21-,25-/m1/s1. The summed E-state index contributed by atoms with van der Waals surface area (Å²) in [5.74, 6) is -0.442. The van der Waals surface area contributed by atoms with E-state index in [9.17, 15) is 4.79 Å². The summed E-state index contributed by atoms with van der Waals surface area (Å²) in [4.78, 5) is 11.1. The van der Waals surface area contributed by atoms with Gasteiger partial charge < -0.3 is 15.7 Å². The smallest absolute Gasteiger partial charge is 0.307 e. The highest BCUT2D eigenvalue weighted by Gasteiger charge is 2.28. The lowest BCUT2D eigenvalue weighted by Gasteiger charge is -2.32. The number of anilines is 1. The minimum atomic E-state index is -0.796. The lowest BCUT2D eigenvalue weighted by Crippen LogP contribution is -2.37. The largest absolute Gasteiger partial charge is 0.481 e. The maximum absolute atomic E-state index is 11.1. The lowest BCUT2D eigenvalue weighted by molar-refractivity contribution is -0.136. The van der Waals surface area contributed by atoms with Gasteiger partial charge in [0.05, 0.1) is 24.0 Å². The van der Waals surface area contributed by atoms with Crippen LogP contribution in [-0.4, -0.2) is 34.4 Å². The van der Waals surface area contributed by atoms with Gasteiger partial charge >= 0.3 is 5.97 Å². The Morgan fingerprint density at radius 2 is 2.06 bits per heavy atom. The van der Waals surface area contributed by atoms with Crippen molar-refractivity contribution in [2.24, 2.45) is 5.92 Å². The van der Waals surface area contributed by atoms with Crippen LogP contribution in [0.25, 0.3) is 0 Å². The second-order valence-corrected chi connectivity index (χ2v) is 8.16. The quantitative estimate of drug-likeness (QED) is 0.520. The van der Waals surface area contributed by atoms with Gasteiger partial charge in [-0.15, -0.1) is 0 Å². The zero-order valence-corrected chi connectivity index (χ0v) is 17.7. The molecule has 0 aliphatic carbocycles. The molecule has 6 nitrogen and oxygen atoms in total. The molecule has 2 heterocycles. The Balaban J connectivity index is 1.46. The number of benzene rings is 2. The van der Waals surface area contributed by atoms with E-state index < -0.39 is 5.97 Å². The fourth-order valence-electron chi connectivity index (χ4n) is 4.29. The highest BCUT2D eigenvalue weighted by atomic mass is 16.4. The molecule has 0 amide bonds. The Hall–Kier alpha value is -3.25. The first-order chi connectivity index (χ1) is 15.1. The SMILES string of the molecule is Cc1ccc(CCN[C@H](c2ccccc2)[C@H]2CNc3ccnnc3C2)cc1CC(=O)O. The normalized spacial score (nSPS) is 16.2. The Morgan fingerprint density at radius 1 is 1.23 bits per heavy atom. The van der Waals surface area contributed by atoms with E-state index in [1.54, 1.807) is 6.20 Å². The minimum Gasteiger partial charge on any atom is -0.481 e. The summed E-state index contributed by atoms with van der Waals surface area (Å²) in [6.45, 7) is 3.64. The second kappa shape index (κ2) is 9.71. The molecule has 0 radical (unpaired) electrons. The number of carboxylic acid groups (broad SMARTS) is 1. The lowest BCUT2D eigenvalue weighted by atomic mass is 9.86. The number of hydrogen-bond donors (Lipinski definition) is 3. The molecule has 0 fully saturated rings. The van der Waals surface area contributed by atoms with Gasteiger partial charge in [0.2, 0.25) is 0 Å². The van der Waals surface area contributed by atoms with Gasteiger partial charge in [0, 0.05) is 18.5 Å². The van der Waals surface area contributed by atoms with Gasteiger partial charge in [0.25, 0.3) is 0 Å². The van der Waals surface area contributed by atoms with Crippen LogP contribution in [0.2, 0.25) is 0 Å². The van der Waals surface area contributed by atoms with Crippen molar-refractivity contribution in [3.63, 3.8) is 0 Å². The van der Waals surface area contributed by atoms with Crippen molar-refractivity contribution in [1.29, 1.82) is 0 Å². The number of fused-ring (bicyclic) bond motifs is 1. The monoisotopic (exact) mass is 416 g/mol. The van der Waals surface area contributed by atoms with Crippen molar-refractivity contribution in [3.05, 3.63) is 88.7 Å². The van der Waals surface area contributed by atoms with Gasteiger partial charge in [0.1, 0.15) is 0 Å². The molecule has 1 aromatic heterocycles. The van der Waals surface area contributed by atoms with Crippen LogP contribution in [0.5, 0.6) is 0 Å². The first kappa shape index (κ1) is 21.0. The maximum Gasteiger partial charge on any atom is 0.307 e. The Morgan fingerprint density at radius 3 is 2.87 bits per heavy atom. The molecule has 0 saturated carbocycles. The molecule has 4 rings (SSSR count). The van der Waals surface area contributed by atoms with E-state index in [4.69, 9.17) is 5.11 Å². The second-order valence-electron chi connectivity index (χ2n) is 8.16. The topological polar surface area (TPSA) is 87.1 Å². The molecule has 0 bridgehead atoms. The third-order valence-corrected chi connectivity index (χ3v) is 5.97. The van der Waals surface area contributed by atoms with Gasteiger partial charge in [-0.3, -0.25) is 4.79 Å². The molecule has 3 N–H and O–H groups in total. The molecule has 2 atom stereocenters. The van der Waals surface area contributed by atoms with Gasteiger partial charge in [-0.1, -0.05) is 48.5 Å². The first-order valence-electron chi connectivity index (χ1n) is 10.7. The van der Waals surface area contributed by atoms with E-state index in [1.807, 2.05) is 31.2 Å². The molecule has 1 aliphatic rings. The van der Waals surface area contributed by atoms with Crippen molar-refractivity contribution in [2.75, 3.05) is 18.4 Å². The highest BCUT2D eigenvalue weighted by molar-refractivity contribution is 5.70. The van der Waals surface area contributed by atoms with Crippen LogP contribution < -0.4 is 10.6 Å². The van der Waals surface area contributed by atoms with Gasteiger partial charge in [-0.2, -0.15) is 10.2 Å². The van der Waals surface area contributed by atoms with Crippen molar-refractivity contribution >= 4 is 11.7 Å². The minimum absolute atomic E-state index is 0.0634. The van der Waals surface area contributed by atoms with Gasteiger partial charge in [-0.25, -0.2) is 0 Å². The Labute approximate surface area is 182 Å². The van der Waals surface area contributed by atoms with E-state index in [-0.39, 0.29) is 12.5 Å². The van der Waals surface area contributed by atoms with Gasteiger partial charge in [0.15, 0.2) is 0 Å². The number of nitrogens with zero attached hydrogens (tertiary/aromatic N) is 2. The van der Waals surface area contributed by atoms with Crippen molar-refractivity contribution in [2.45, 2.75) is 32.2 Å². The van der Waals surface area contributed by atoms with Crippen molar-refractivity contribution in [3.8, 4) is 0 Å². The summed E-state index contributed by atoms with van der Waals surface area (Å²) < 4.78 is 0. The molecule has 1 aliphatic heterocycles. The maximum atomic E-state index is 11.1. The predicted octanol–water partition coefficient (Wildman–Crippen LogP) is 3.57. The number of hydrogen-bond acceptors (Lipinski definition) is 5. The van der Waals surface area contributed by atoms with Crippen LogP contribution >= 0.6 is 0 Å². The number of aliphatic carboxylic acids is 1. The Bertz CT molecular complexity index is 1040. The third-order valence-electron chi connectivity index (χ3n) is 5.97. The summed E-state index contributed by atoms with van der Waals surface area (Å²) >= 11 is 0. The van der Waals surface area contributed by atoms with Crippen LogP contribution in [0.4, 0.5) is 5.69 Å². The number of carbonyl (C=O) groups is 1. The van der Waals surface area contributed by atoms with Crippen LogP contribution in [0.1, 0.15) is 34.0 Å². The summed E-state index contributed by atoms with van der Waals surface area (Å²) in [5, 5.41) is 24.8. The van der Waals surface area contributed by atoms with Crippen LogP contribution in [0.3, 0.4) is 0 Å². The summed E-state index contributed by atoms with van der Waals surface area (Å²) in [6, 6.07) is 18.8. The molecule has 160 valence electrons. The van der Waals surface area contributed by atoms with E-state index in [0.29, 0.717) is 5.92 Å². The van der Waals surface area contributed by atoms with Crippen molar-refractivity contribution < 1.29 is 9.90 Å². The van der Waals surface area contributed by atoms with E-state index in [0.717, 1.165) is 54.0 Å². The van der Waals surface area contributed by atoms with Gasteiger partial charge in [-0.05, 0) is 54.6 Å². The summed E-state index contributed by atoms with van der Waals surface area (Å²) in [6.07, 6.45) is 3.50. The molecule has 3 aromatic rings. The highest BCUT2D eigenvalue weighted by Crippen LogP contribution is 2.31. The molecule has 31 heavy (non-hydrogen) atoms. The average Bonchev–Trinajstić information content (AvgIpc) is 2.79. The fourth-order valence-corrected chi connectivity index (χ4v) is 4.29. The van der Waals surface area contributed by atoms with E-state index in [2.05, 4.69) is 51.2 Å². The summed E-state index contributed by atoms with van der Waals surface area (Å²) in [5.41, 5.74) is 6.41. The number of aryl methyl sites for hydroxylation is 1. The zero-order chi connectivity index (χ0) is 21.6. The molecular formula is C25H28N4O2. The molecule has 2 aromatic carbocycles. The van der Waals surface area contributed by atoms with E-state index >= 15 is 0 Å². The molecular weight excluding hydrogens is 388 g/mol. The predicted molar refractivity (Wildman–Crippen MR) is 121 cm³/mol. The fraction of sp³-hybridized carbons (Fsp3) is 0.320. The van der Waals surface area contributed by atoms with Crippen molar-refractivity contribution in [1.82, 2.24) is 15.5 Å². The number of carboxylic acids is 1. The third kappa shape index (κ3) is 5.27.